The van der Waals surface area contributed by atoms with Crippen LogP contribution in [-0.2, 0) is 4.79 Å². The van der Waals surface area contributed by atoms with E-state index >= 15 is 0 Å². The first-order chi connectivity index (χ1) is 9.99. The van der Waals surface area contributed by atoms with Crippen LogP contribution in [-0.4, -0.2) is 29.6 Å². The Morgan fingerprint density at radius 3 is 2.57 bits per heavy atom. The van der Waals surface area contributed by atoms with Gasteiger partial charge in [-0.25, -0.2) is 0 Å². The minimum Gasteiger partial charge on any atom is -0.339 e. The van der Waals surface area contributed by atoms with Gasteiger partial charge in [0.2, 0.25) is 5.91 Å². The molecule has 0 spiro atoms. The van der Waals surface area contributed by atoms with E-state index in [0.29, 0.717) is 11.6 Å². The fourth-order valence-electron chi connectivity index (χ4n) is 2.97. The summed E-state index contributed by atoms with van der Waals surface area (Å²) in [4.78, 5) is 14.1. The van der Waals surface area contributed by atoms with E-state index in [9.17, 15) is 4.79 Å². The zero-order chi connectivity index (χ0) is 15.4. The van der Waals surface area contributed by atoms with E-state index in [0.717, 1.165) is 36.2 Å². The standard InChI is InChI=1S/C18H24N2O/c1-13-6-5-11-20(12-13)17(21)10-9-16(19)18-14(2)7-4-8-15(18)3/h4,7-10,13,19H,5-6,11-12H2,1-3H3/b10-9+,19-16?/t13-/m1/s1. The molecule has 1 amide bonds. The van der Waals surface area contributed by atoms with E-state index in [1.807, 2.05) is 36.9 Å². The van der Waals surface area contributed by atoms with E-state index in [1.165, 1.54) is 6.42 Å². The monoisotopic (exact) mass is 284 g/mol. The molecule has 1 fully saturated rings. The lowest BCUT2D eigenvalue weighted by Gasteiger charge is -2.30. The summed E-state index contributed by atoms with van der Waals surface area (Å²) in [7, 11) is 0. The van der Waals surface area contributed by atoms with Gasteiger partial charge in [-0.15, -0.1) is 0 Å². The number of amides is 1. The molecule has 0 bridgehead atoms. The number of carbonyl (C=O) groups is 1. The third kappa shape index (κ3) is 3.81. The molecule has 1 saturated heterocycles. The highest BCUT2D eigenvalue weighted by Crippen LogP contribution is 2.17. The number of aryl methyl sites for hydroxylation is 2. The van der Waals surface area contributed by atoms with Crippen LogP contribution in [0.2, 0.25) is 0 Å². The lowest BCUT2D eigenvalue weighted by atomic mass is 9.98. The molecule has 1 heterocycles. The fourth-order valence-corrected chi connectivity index (χ4v) is 2.97. The first kappa shape index (κ1) is 15.5. The highest BCUT2D eigenvalue weighted by Gasteiger charge is 2.19. The largest absolute Gasteiger partial charge is 0.339 e. The zero-order valence-electron chi connectivity index (χ0n) is 13.1. The molecule has 112 valence electrons. The second-order valence-electron chi connectivity index (χ2n) is 6.05. The summed E-state index contributed by atoms with van der Waals surface area (Å²) in [5.41, 5.74) is 3.48. The van der Waals surface area contributed by atoms with Crippen LogP contribution in [0.3, 0.4) is 0 Å². The Balaban J connectivity index is 2.06. The van der Waals surface area contributed by atoms with Gasteiger partial charge in [0.25, 0.3) is 0 Å². The van der Waals surface area contributed by atoms with Gasteiger partial charge < -0.3 is 10.3 Å². The van der Waals surface area contributed by atoms with Gasteiger partial charge in [-0.1, -0.05) is 25.1 Å². The molecule has 1 aromatic carbocycles. The Morgan fingerprint density at radius 1 is 1.29 bits per heavy atom. The highest BCUT2D eigenvalue weighted by atomic mass is 16.2. The van der Waals surface area contributed by atoms with Crippen LogP contribution >= 0.6 is 0 Å². The molecule has 1 atom stereocenters. The Kier molecular flexibility index (Phi) is 4.94. The third-order valence-corrected chi connectivity index (χ3v) is 4.11. The van der Waals surface area contributed by atoms with Crippen molar-refractivity contribution in [3.8, 4) is 0 Å². The van der Waals surface area contributed by atoms with Crippen LogP contribution in [0.25, 0.3) is 0 Å². The molecule has 0 aliphatic carbocycles. The van der Waals surface area contributed by atoms with Gasteiger partial charge >= 0.3 is 0 Å². The summed E-state index contributed by atoms with van der Waals surface area (Å²) >= 11 is 0. The lowest BCUT2D eigenvalue weighted by Crippen LogP contribution is -2.38. The van der Waals surface area contributed by atoms with Crippen molar-refractivity contribution < 1.29 is 4.79 Å². The average Bonchev–Trinajstić information content (AvgIpc) is 2.44. The first-order valence-corrected chi connectivity index (χ1v) is 7.61. The molecule has 0 saturated carbocycles. The third-order valence-electron chi connectivity index (χ3n) is 4.11. The molecule has 0 radical (unpaired) electrons. The van der Waals surface area contributed by atoms with E-state index in [-0.39, 0.29) is 5.91 Å². The van der Waals surface area contributed by atoms with Crippen LogP contribution in [0.1, 0.15) is 36.5 Å². The van der Waals surface area contributed by atoms with Gasteiger partial charge in [-0.2, -0.15) is 0 Å². The molecule has 3 nitrogen and oxygen atoms in total. The number of likely N-dealkylation sites (tertiary alicyclic amines) is 1. The summed E-state index contributed by atoms with van der Waals surface area (Å²) in [5.74, 6) is 0.603. The van der Waals surface area contributed by atoms with Crippen molar-refractivity contribution in [1.29, 1.82) is 5.41 Å². The van der Waals surface area contributed by atoms with E-state index in [4.69, 9.17) is 5.41 Å². The number of benzene rings is 1. The number of allylic oxidation sites excluding steroid dienone is 1. The molecule has 1 N–H and O–H groups in total. The minimum atomic E-state index is 0.0255. The Hall–Kier alpha value is -1.90. The predicted octanol–water partition coefficient (Wildman–Crippen LogP) is 3.49. The van der Waals surface area contributed by atoms with E-state index in [1.54, 1.807) is 12.2 Å². The normalized spacial score (nSPS) is 19.0. The van der Waals surface area contributed by atoms with Crippen molar-refractivity contribution >= 4 is 11.6 Å². The van der Waals surface area contributed by atoms with Crippen molar-refractivity contribution in [3.05, 3.63) is 47.0 Å². The maximum absolute atomic E-state index is 12.2. The second-order valence-corrected chi connectivity index (χ2v) is 6.05. The van der Waals surface area contributed by atoms with Crippen molar-refractivity contribution in [2.24, 2.45) is 5.92 Å². The van der Waals surface area contributed by atoms with Gasteiger partial charge in [-0.3, -0.25) is 4.79 Å². The van der Waals surface area contributed by atoms with Gasteiger partial charge in [0.05, 0.1) is 5.71 Å². The lowest BCUT2D eigenvalue weighted by molar-refractivity contribution is -0.127. The Bertz CT molecular complexity index is 554. The second kappa shape index (κ2) is 6.70. The first-order valence-electron chi connectivity index (χ1n) is 7.61. The summed E-state index contributed by atoms with van der Waals surface area (Å²) < 4.78 is 0. The molecule has 1 aromatic rings. The Labute approximate surface area is 127 Å². The van der Waals surface area contributed by atoms with Gasteiger partial charge in [-0.05, 0) is 49.8 Å². The van der Waals surface area contributed by atoms with Gasteiger partial charge in [0.1, 0.15) is 0 Å². The molecule has 1 aliphatic rings. The molecular formula is C18H24N2O. The maximum Gasteiger partial charge on any atom is 0.246 e. The number of carbonyl (C=O) groups excluding carboxylic acids is 1. The summed E-state index contributed by atoms with van der Waals surface area (Å²) in [6, 6.07) is 5.99. The summed E-state index contributed by atoms with van der Waals surface area (Å²) in [5, 5.41) is 8.20. The molecule has 3 heteroatoms. The minimum absolute atomic E-state index is 0.0255. The predicted molar refractivity (Wildman–Crippen MR) is 86.9 cm³/mol. The number of rotatable bonds is 3. The zero-order valence-corrected chi connectivity index (χ0v) is 13.1. The number of nitrogens with zero attached hydrogens (tertiary/aromatic N) is 1. The number of hydrogen-bond acceptors (Lipinski definition) is 2. The number of hydrogen-bond donors (Lipinski definition) is 1. The molecule has 21 heavy (non-hydrogen) atoms. The van der Waals surface area contributed by atoms with Crippen molar-refractivity contribution in [3.63, 3.8) is 0 Å². The maximum atomic E-state index is 12.2. The van der Waals surface area contributed by atoms with Crippen molar-refractivity contribution in [2.75, 3.05) is 13.1 Å². The van der Waals surface area contributed by atoms with Crippen LogP contribution in [0.5, 0.6) is 0 Å². The molecular weight excluding hydrogens is 260 g/mol. The van der Waals surface area contributed by atoms with Crippen molar-refractivity contribution in [1.82, 2.24) is 4.90 Å². The quantitative estimate of drug-likeness (QED) is 0.670. The smallest absolute Gasteiger partial charge is 0.246 e. The Morgan fingerprint density at radius 2 is 1.95 bits per heavy atom. The van der Waals surface area contributed by atoms with E-state index in [2.05, 4.69) is 6.92 Å². The van der Waals surface area contributed by atoms with Crippen LogP contribution < -0.4 is 0 Å². The van der Waals surface area contributed by atoms with Crippen molar-refractivity contribution in [2.45, 2.75) is 33.6 Å². The van der Waals surface area contributed by atoms with Gasteiger partial charge in [0.15, 0.2) is 0 Å². The van der Waals surface area contributed by atoms with Crippen LogP contribution in [0.4, 0.5) is 0 Å². The van der Waals surface area contributed by atoms with E-state index < -0.39 is 0 Å². The number of piperidine rings is 1. The SMILES string of the molecule is Cc1cccc(C)c1C(=N)/C=C/C(=O)N1CCC[C@@H](C)C1. The fraction of sp³-hybridized carbons (Fsp3) is 0.444. The highest BCUT2D eigenvalue weighted by molar-refractivity contribution is 6.10. The van der Waals surface area contributed by atoms with Crippen LogP contribution in [0.15, 0.2) is 30.4 Å². The molecule has 0 unspecified atom stereocenters. The summed E-state index contributed by atoms with van der Waals surface area (Å²) in [6.45, 7) is 7.85. The van der Waals surface area contributed by atoms with Gasteiger partial charge in [0, 0.05) is 24.7 Å². The van der Waals surface area contributed by atoms with Crippen LogP contribution in [0, 0.1) is 25.2 Å². The molecule has 1 aliphatic heterocycles. The molecule has 0 aromatic heterocycles. The molecule has 2 rings (SSSR count). The number of nitrogens with one attached hydrogen (secondary N) is 1. The average molecular weight is 284 g/mol. The summed E-state index contributed by atoms with van der Waals surface area (Å²) in [6.07, 6.45) is 5.46. The topological polar surface area (TPSA) is 44.2 Å².